The molecule has 0 aliphatic carbocycles. The number of nitro groups is 1. The normalized spacial score (nSPS) is 11.9. The van der Waals surface area contributed by atoms with Crippen molar-refractivity contribution in [1.29, 1.82) is 0 Å². The number of hydrogen-bond donors (Lipinski definition) is 2. The van der Waals surface area contributed by atoms with Crippen molar-refractivity contribution in [3.8, 4) is 0 Å². The lowest BCUT2D eigenvalue weighted by molar-refractivity contribution is -0.384. The number of rotatable bonds is 9. The van der Waals surface area contributed by atoms with Crippen molar-refractivity contribution in [3.05, 3.63) is 39.9 Å². The molecular formula is C15H23N3O3. The maximum absolute atomic E-state index is 11.8. The van der Waals surface area contributed by atoms with Crippen molar-refractivity contribution in [2.24, 2.45) is 0 Å². The molecule has 6 heteroatoms. The third kappa shape index (κ3) is 6.35. The number of carbonyl (C=O) groups excluding carboxylic acids is 1. The van der Waals surface area contributed by atoms with Crippen LogP contribution < -0.4 is 10.6 Å². The Morgan fingerprint density at radius 3 is 2.81 bits per heavy atom. The number of nitrogens with zero attached hydrogens (tertiary/aromatic N) is 1. The van der Waals surface area contributed by atoms with E-state index in [2.05, 4.69) is 17.6 Å². The monoisotopic (exact) mass is 293 g/mol. The highest BCUT2D eigenvalue weighted by Gasteiger charge is 2.12. The van der Waals surface area contributed by atoms with Gasteiger partial charge in [-0.25, -0.2) is 0 Å². The minimum atomic E-state index is -0.423. The van der Waals surface area contributed by atoms with Gasteiger partial charge in [0, 0.05) is 25.2 Å². The molecule has 0 aliphatic heterocycles. The molecule has 21 heavy (non-hydrogen) atoms. The van der Waals surface area contributed by atoms with Gasteiger partial charge in [-0.15, -0.1) is 0 Å². The van der Waals surface area contributed by atoms with Crippen LogP contribution in [0.4, 0.5) is 5.69 Å². The number of nitrogens with one attached hydrogen (secondary N) is 2. The van der Waals surface area contributed by atoms with E-state index in [-0.39, 0.29) is 17.6 Å². The minimum absolute atomic E-state index is 0.0449. The lowest BCUT2D eigenvalue weighted by Gasteiger charge is -2.14. The highest BCUT2D eigenvalue weighted by atomic mass is 16.6. The number of amides is 1. The largest absolute Gasteiger partial charge is 0.355 e. The molecule has 1 amide bonds. The standard InChI is InChI=1S/C15H23N3O3/c1-3-4-5-9-16-15(19)12(2)17-11-13-7-6-8-14(10-13)18(20)21/h6-8,10,12,17H,3-5,9,11H2,1-2H3,(H,16,19). The summed E-state index contributed by atoms with van der Waals surface area (Å²) in [6, 6.07) is 6.08. The number of non-ortho nitro benzene ring substituents is 1. The average molecular weight is 293 g/mol. The highest BCUT2D eigenvalue weighted by Crippen LogP contribution is 2.12. The molecule has 1 unspecified atom stereocenters. The van der Waals surface area contributed by atoms with Crippen LogP contribution >= 0.6 is 0 Å². The molecule has 1 aromatic rings. The van der Waals surface area contributed by atoms with E-state index in [9.17, 15) is 14.9 Å². The maximum Gasteiger partial charge on any atom is 0.269 e. The number of unbranched alkanes of at least 4 members (excludes halogenated alkanes) is 2. The minimum Gasteiger partial charge on any atom is -0.355 e. The van der Waals surface area contributed by atoms with Crippen LogP contribution in [0.3, 0.4) is 0 Å². The van der Waals surface area contributed by atoms with Gasteiger partial charge in [0.2, 0.25) is 5.91 Å². The fraction of sp³-hybridized carbons (Fsp3) is 0.533. The van der Waals surface area contributed by atoms with Crippen LogP contribution in [0.15, 0.2) is 24.3 Å². The van der Waals surface area contributed by atoms with E-state index in [4.69, 9.17) is 0 Å². The van der Waals surface area contributed by atoms with Crippen molar-refractivity contribution in [3.63, 3.8) is 0 Å². The van der Waals surface area contributed by atoms with Gasteiger partial charge in [-0.1, -0.05) is 31.9 Å². The van der Waals surface area contributed by atoms with Gasteiger partial charge in [-0.3, -0.25) is 14.9 Å². The van der Waals surface area contributed by atoms with E-state index in [0.717, 1.165) is 24.8 Å². The molecule has 2 N–H and O–H groups in total. The molecule has 0 radical (unpaired) electrons. The molecule has 0 fully saturated rings. The Labute approximate surface area is 125 Å². The lowest BCUT2D eigenvalue weighted by Crippen LogP contribution is -2.42. The van der Waals surface area contributed by atoms with Crippen molar-refractivity contribution in [2.75, 3.05) is 6.54 Å². The zero-order chi connectivity index (χ0) is 15.7. The van der Waals surface area contributed by atoms with E-state index in [1.807, 2.05) is 0 Å². The summed E-state index contributed by atoms with van der Waals surface area (Å²) in [7, 11) is 0. The molecule has 0 aromatic heterocycles. The third-order valence-corrected chi connectivity index (χ3v) is 3.21. The third-order valence-electron chi connectivity index (χ3n) is 3.21. The highest BCUT2D eigenvalue weighted by molar-refractivity contribution is 5.81. The van der Waals surface area contributed by atoms with Gasteiger partial charge in [0.25, 0.3) is 5.69 Å². The van der Waals surface area contributed by atoms with E-state index in [1.165, 1.54) is 12.1 Å². The van der Waals surface area contributed by atoms with Gasteiger partial charge in [-0.05, 0) is 18.9 Å². The smallest absolute Gasteiger partial charge is 0.269 e. The molecule has 0 heterocycles. The molecule has 1 atom stereocenters. The summed E-state index contributed by atoms with van der Waals surface area (Å²) in [6.07, 6.45) is 3.21. The Hall–Kier alpha value is -1.95. The molecule has 1 rings (SSSR count). The van der Waals surface area contributed by atoms with E-state index < -0.39 is 4.92 Å². The van der Waals surface area contributed by atoms with Crippen LogP contribution in [0.2, 0.25) is 0 Å². The Kier molecular flexibility index (Phi) is 7.39. The van der Waals surface area contributed by atoms with Crippen LogP contribution in [0.5, 0.6) is 0 Å². The average Bonchev–Trinajstić information content (AvgIpc) is 2.49. The van der Waals surface area contributed by atoms with Gasteiger partial charge < -0.3 is 10.6 Å². The van der Waals surface area contributed by atoms with Gasteiger partial charge >= 0.3 is 0 Å². The first kappa shape index (κ1) is 17.1. The van der Waals surface area contributed by atoms with Crippen LogP contribution in [-0.2, 0) is 11.3 Å². The Morgan fingerprint density at radius 1 is 1.38 bits per heavy atom. The summed E-state index contributed by atoms with van der Waals surface area (Å²) in [5.74, 6) is -0.0449. The zero-order valence-electron chi connectivity index (χ0n) is 12.6. The Balaban J connectivity index is 2.38. The summed E-state index contributed by atoms with van der Waals surface area (Å²) in [4.78, 5) is 22.1. The zero-order valence-corrected chi connectivity index (χ0v) is 12.6. The van der Waals surface area contributed by atoms with E-state index >= 15 is 0 Å². The molecule has 116 valence electrons. The van der Waals surface area contributed by atoms with E-state index in [1.54, 1.807) is 19.1 Å². The fourth-order valence-corrected chi connectivity index (χ4v) is 1.88. The van der Waals surface area contributed by atoms with Crippen molar-refractivity contribution < 1.29 is 9.72 Å². The molecule has 0 bridgehead atoms. The molecular weight excluding hydrogens is 270 g/mol. The maximum atomic E-state index is 11.8. The van der Waals surface area contributed by atoms with Crippen molar-refractivity contribution in [1.82, 2.24) is 10.6 Å². The van der Waals surface area contributed by atoms with Gasteiger partial charge in [0.15, 0.2) is 0 Å². The second-order valence-corrected chi connectivity index (χ2v) is 5.03. The van der Waals surface area contributed by atoms with Crippen LogP contribution in [0, 0.1) is 10.1 Å². The summed E-state index contributed by atoms with van der Waals surface area (Å²) >= 11 is 0. The topological polar surface area (TPSA) is 84.3 Å². The number of carbonyl (C=O) groups is 1. The number of nitro benzene ring substituents is 1. The predicted octanol–water partition coefficient (Wildman–Crippen LogP) is 2.38. The summed E-state index contributed by atoms with van der Waals surface area (Å²) < 4.78 is 0. The lowest BCUT2D eigenvalue weighted by atomic mass is 10.2. The molecule has 6 nitrogen and oxygen atoms in total. The Morgan fingerprint density at radius 2 is 2.14 bits per heavy atom. The van der Waals surface area contributed by atoms with Gasteiger partial charge in [0.1, 0.15) is 0 Å². The summed E-state index contributed by atoms with van der Waals surface area (Å²) in [6.45, 7) is 5.01. The van der Waals surface area contributed by atoms with Crippen molar-refractivity contribution >= 4 is 11.6 Å². The molecule has 0 saturated carbocycles. The molecule has 1 aromatic carbocycles. The summed E-state index contributed by atoms with van der Waals surface area (Å²) in [5.41, 5.74) is 0.848. The second kappa shape index (κ2) is 9.07. The SMILES string of the molecule is CCCCCNC(=O)C(C)NCc1cccc([N+](=O)[O-])c1. The van der Waals surface area contributed by atoms with E-state index in [0.29, 0.717) is 13.1 Å². The molecule has 0 aliphatic rings. The van der Waals surface area contributed by atoms with Crippen LogP contribution in [0.1, 0.15) is 38.7 Å². The first-order valence-corrected chi connectivity index (χ1v) is 7.29. The Bertz CT molecular complexity index is 477. The van der Waals surface area contributed by atoms with Gasteiger partial charge in [-0.2, -0.15) is 0 Å². The first-order chi connectivity index (χ1) is 10.0. The predicted molar refractivity (Wildman–Crippen MR) is 81.9 cm³/mol. The number of benzene rings is 1. The quantitative estimate of drug-likeness (QED) is 0.416. The van der Waals surface area contributed by atoms with Gasteiger partial charge in [0.05, 0.1) is 11.0 Å². The number of hydrogen-bond acceptors (Lipinski definition) is 4. The molecule has 0 saturated heterocycles. The van der Waals surface area contributed by atoms with Crippen LogP contribution in [0.25, 0.3) is 0 Å². The second-order valence-electron chi connectivity index (χ2n) is 5.03. The first-order valence-electron chi connectivity index (χ1n) is 7.29. The van der Waals surface area contributed by atoms with Crippen LogP contribution in [-0.4, -0.2) is 23.4 Å². The van der Waals surface area contributed by atoms with Crippen molar-refractivity contribution in [2.45, 2.75) is 45.7 Å². The summed E-state index contributed by atoms with van der Waals surface area (Å²) in [5, 5.41) is 16.6. The fourth-order valence-electron chi connectivity index (χ4n) is 1.88. The molecule has 0 spiro atoms.